The molecule has 0 N–H and O–H groups in total. The summed E-state index contributed by atoms with van der Waals surface area (Å²) in [5, 5.41) is 0. The molecule has 2 aliphatic heterocycles. The Hall–Kier alpha value is -1.62. The lowest BCUT2D eigenvalue weighted by Gasteiger charge is -2.27. The molecule has 0 aromatic carbocycles. The second-order valence-corrected chi connectivity index (χ2v) is 6.71. The van der Waals surface area contributed by atoms with E-state index in [0.717, 1.165) is 18.4 Å². The number of epoxide rings is 1. The Kier molecular flexibility index (Phi) is 3.63. The highest BCUT2D eigenvalue weighted by Gasteiger charge is 2.63. The Morgan fingerprint density at radius 1 is 1.50 bits per heavy atom. The summed E-state index contributed by atoms with van der Waals surface area (Å²) in [7, 11) is 0. The Bertz CT molecular complexity index is 563. The second-order valence-electron chi connectivity index (χ2n) is 6.71. The van der Waals surface area contributed by atoms with Crippen molar-refractivity contribution in [2.75, 3.05) is 0 Å². The Labute approximate surface area is 130 Å². The van der Waals surface area contributed by atoms with E-state index in [4.69, 9.17) is 14.2 Å². The van der Waals surface area contributed by atoms with Crippen molar-refractivity contribution in [3.8, 4) is 0 Å². The molecule has 5 atom stereocenters. The first-order valence-corrected chi connectivity index (χ1v) is 7.72. The highest BCUT2D eigenvalue weighted by Crippen LogP contribution is 2.50. The van der Waals surface area contributed by atoms with Gasteiger partial charge >= 0.3 is 11.9 Å². The lowest BCUT2D eigenvalue weighted by atomic mass is 9.82. The van der Waals surface area contributed by atoms with Crippen LogP contribution in [0.25, 0.3) is 0 Å². The van der Waals surface area contributed by atoms with Crippen molar-refractivity contribution in [2.45, 2.75) is 63.9 Å². The molecule has 2 fully saturated rings. The second kappa shape index (κ2) is 5.23. The topological polar surface area (TPSA) is 65.1 Å². The van der Waals surface area contributed by atoms with E-state index in [9.17, 15) is 9.59 Å². The van der Waals surface area contributed by atoms with Crippen molar-refractivity contribution in [1.82, 2.24) is 0 Å². The summed E-state index contributed by atoms with van der Waals surface area (Å²) < 4.78 is 16.8. The molecule has 0 bridgehead atoms. The highest BCUT2D eigenvalue weighted by molar-refractivity contribution is 5.91. The molecule has 5 heteroatoms. The van der Waals surface area contributed by atoms with E-state index in [1.807, 2.05) is 13.8 Å². The lowest BCUT2D eigenvalue weighted by molar-refractivity contribution is -0.150. The molecular formula is C17H22O5. The standard InChI is InChI=1S/C17H22O5/c1-9-6-5-7-17(4)15(22-17)14-13(10(2)16(19)21-14)12(8-9)20-11(3)18/h6,12-15H,2,5,7-8H2,1,3-4H3/b9-6-/t12-,13-,14+,15?,17-/m1/s1. The molecule has 3 aliphatic rings. The summed E-state index contributed by atoms with van der Waals surface area (Å²) in [5.74, 6) is -1.12. The molecule has 1 aliphatic carbocycles. The summed E-state index contributed by atoms with van der Waals surface area (Å²) in [4.78, 5) is 23.5. The smallest absolute Gasteiger partial charge is 0.334 e. The van der Waals surface area contributed by atoms with Crippen LogP contribution >= 0.6 is 0 Å². The van der Waals surface area contributed by atoms with Gasteiger partial charge in [-0.3, -0.25) is 4.79 Å². The first-order chi connectivity index (χ1) is 10.3. The van der Waals surface area contributed by atoms with Gasteiger partial charge < -0.3 is 14.2 Å². The molecule has 1 unspecified atom stereocenters. The highest BCUT2D eigenvalue weighted by atomic mass is 16.6. The molecule has 2 heterocycles. The first kappa shape index (κ1) is 15.3. The molecule has 5 nitrogen and oxygen atoms in total. The minimum Gasteiger partial charge on any atom is -0.461 e. The average Bonchev–Trinajstić information content (AvgIpc) is 2.98. The zero-order chi connectivity index (χ0) is 16.1. The number of allylic oxidation sites excluding steroid dienone is 1. The Morgan fingerprint density at radius 3 is 2.91 bits per heavy atom. The van der Waals surface area contributed by atoms with Crippen molar-refractivity contribution >= 4 is 11.9 Å². The summed E-state index contributed by atoms with van der Waals surface area (Å²) in [6, 6.07) is 0. The largest absolute Gasteiger partial charge is 0.461 e. The third-order valence-corrected chi connectivity index (χ3v) is 4.88. The van der Waals surface area contributed by atoms with E-state index in [2.05, 4.69) is 12.7 Å². The lowest BCUT2D eigenvalue weighted by Crippen LogP contribution is -2.38. The molecule has 22 heavy (non-hydrogen) atoms. The zero-order valence-corrected chi connectivity index (χ0v) is 13.3. The van der Waals surface area contributed by atoms with Gasteiger partial charge in [0.25, 0.3) is 0 Å². The van der Waals surface area contributed by atoms with Crippen LogP contribution in [0.15, 0.2) is 23.8 Å². The predicted octanol–water partition coefficient (Wildman–Crippen LogP) is 2.30. The number of esters is 2. The van der Waals surface area contributed by atoms with Crippen LogP contribution in [0.5, 0.6) is 0 Å². The minimum atomic E-state index is -0.441. The monoisotopic (exact) mass is 306 g/mol. The van der Waals surface area contributed by atoms with Crippen LogP contribution < -0.4 is 0 Å². The molecular weight excluding hydrogens is 284 g/mol. The van der Waals surface area contributed by atoms with Gasteiger partial charge in [0.1, 0.15) is 18.3 Å². The predicted molar refractivity (Wildman–Crippen MR) is 79.0 cm³/mol. The van der Waals surface area contributed by atoms with Crippen molar-refractivity contribution in [3.63, 3.8) is 0 Å². The van der Waals surface area contributed by atoms with Crippen molar-refractivity contribution < 1.29 is 23.8 Å². The van der Waals surface area contributed by atoms with Crippen LogP contribution in [0, 0.1) is 5.92 Å². The Morgan fingerprint density at radius 2 is 2.23 bits per heavy atom. The van der Waals surface area contributed by atoms with Crippen LogP contribution in [0.3, 0.4) is 0 Å². The van der Waals surface area contributed by atoms with Gasteiger partial charge in [-0.15, -0.1) is 0 Å². The molecule has 0 amide bonds. The van der Waals surface area contributed by atoms with E-state index in [1.165, 1.54) is 6.92 Å². The van der Waals surface area contributed by atoms with Gasteiger partial charge in [-0.25, -0.2) is 4.79 Å². The number of fused-ring (bicyclic) bond motifs is 3. The van der Waals surface area contributed by atoms with Gasteiger partial charge in [-0.05, 0) is 26.7 Å². The number of rotatable bonds is 1. The maximum absolute atomic E-state index is 12.0. The third kappa shape index (κ3) is 2.58. The van der Waals surface area contributed by atoms with Gasteiger partial charge in [-0.2, -0.15) is 0 Å². The van der Waals surface area contributed by atoms with Crippen LogP contribution in [0.4, 0.5) is 0 Å². The fraction of sp³-hybridized carbons (Fsp3) is 0.647. The van der Waals surface area contributed by atoms with Crippen LogP contribution in [-0.2, 0) is 23.8 Å². The fourth-order valence-corrected chi connectivity index (χ4v) is 3.63. The third-order valence-electron chi connectivity index (χ3n) is 4.88. The van der Waals surface area contributed by atoms with Gasteiger partial charge in [0.2, 0.25) is 0 Å². The SMILES string of the molecule is C=C1C(=O)O[C@@H]2C3O[C@]3(C)CC/C=C(/C)C[C@@H](OC(C)=O)[C@@H]12. The van der Waals surface area contributed by atoms with Gasteiger partial charge in [0.05, 0.1) is 11.5 Å². The van der Waals surface area contributed by atoms with Gasteiger partial charge in [0.15, 0.2) is 0 Å². The summed E-state index contributed by atoms with van der Waals surface area (Å²) in [5.41, 5.74) is 1.24. The number of hydrogen-bond acceptors (Lipinski definition) is 5. The molecule has 3 rings (SSSR count). The summed E-state index contributed by atoms with van der Waals surface area (Å²) in [6.45, 7) is 9.30. The maximum Gasteiger partial charge on any atom is 0.334 e. The number of hydrogen-bond donors (Lipinski definition) is 0. The quantitative estimate of drug-likeness (QED) is 0.322. The van der Waals surface area contributed by atoms with Gasteiger partial charge in [-0.1, -0.05) is 18.2 Å². The number of carbonyl (C=O) groups is 2. The van der Waals surface area contributed by atoms with E-state index >= 15 is 0 Å². The summed E-state index contributed by atoms with van der Waals surface area (Å²) in [6.07, 6.45) is 3.52. The van der Waals surface area contributed by atoms with Crippen LogP contribution in [0.2, 0.25) is 0 Å². The Balaban J connectivity index is 1.96. The number of carbonyl (C=O) groups excluding carboxylic acids is 2. The van der Waals surface area contributed by atoms with Gasteiger partial charge in [0, 0.05) is 18.9 Å². The van der Waals surface area contributed by atoms with E-state index in [1.54, 1.807) is 0 Å². The normalized spacial score (nSPS) is 43.3. The van der Waals surface area contributed by atoms with Crippen LogP contribution in [0.1, 0.15) is 40.0 Å². The molecule has 0 spiro atoms. The minimum absolute atomic E-state index is 0.148. The first-order valence-electron chi connectivity index (χ1n) is 7.72. The molecule has 120 valence electrons. The fourth-order valence-electron chi connectivity index (χ4n) is 3.63. The number of ether oxygens (including phenoxy) is 3. The van der Waals surface area contributed by atoms with E-state index in [-0.39, 0.29) is 23.6 Å². The molecule has 0 aromatic heterocycles. The molecule has 0 saturated carbocycles. The van der Waals surface area contributed by atoms with Crippen molar-refractivity contribution in [1.29, 1.82) is 0 Å². The van der Waals surface area contributed by atoms with Crippen LogP contribution in [-0.4, -0.2) is 35.9 Å². The van der Waals surface area contributed by atoms with E-state index in [0.29, 0.717) is 12.0 Å². The molecule has 0 aromatic rings. The van der Waals surface area contributed by atoms with Crippen molar-refractivity contribution in [3.05, 3.63) is 23.8 Å². The average molecular weight is 306 g/mol. The zero-order valence-electron chi connectivity index (χ0n) is 13.3. The van der Waals surface area contributed by atoms with Crippen molar-refractivity contribution in [2.24, 2.45) is 5.92 Å². The van der Waals surface area contributed by atoms with E-state index < -0.39 is 18.2 Å². The summed E-state index contributed by atoms with van der Waals surface area (Å²) >= 11 is 0. The molecule has 0 radical (unpaired) electrons. The maximum atomic E-state index is 12.0. The molecule has 2 saturated heterocycles.